The summed E-state index contributed by atoms with van der Waals surface area (Å²) in [6.07, 6.45) is 9.41. The van der Waals surface area contributed by atoms with E-state index in [1.54, 1.807) is 0 Å². The molecule has 0 radical (unpaired) electrons. The number of hydrogen-bond acceptors (Lipinski definition) is 3. The van der Waals surface area contributed by atoms with E-state index in [9.17, 15) is 8.78 Å². The van der Waals surface area contributed by atoms with Gasteiger partial charge in [0, 0.05) is 37.8 Å². The molecule has 4 nitrogen and oxygen atoms in total. The first-order valence-corrected chi connectivity index (χ1v) is 10.1. The van der Waals surface area contributed by atoms with Crippen LogP contribution < -0.4 is 0 Å². The van der Waals surface area contributed by atoms with Gasteiger partial charge in [-0.1, -0.05) is 19.3 Å². The van der Waals surface area contributed by atoms with Crippen LogP contribution in [0.5, 0.6) is 0 Å². The Labute approximate surface area is 148 Å². The molecule has 25 heavy (non-hydrogen) atoms. The summed E-state index contributed by atoms with van der Waals surface area (Å²) in [5.41, 5.74) is 0. The van der Waals surface area contributed by atoms with Gasteiger partial charge in [-0.15, -0.1) is 0 Å². The molecule has 1 N–H and O–H groups in total. The number of nitrogens with one attached hydrogen (secondary N) is 1. The molecule has 6 heteroatoms. The Balaban J connectivity index is 1.34. The standard InChI is InChI=1S/C19H30F2N4/c20-19(21)9-8-14(11-19)12-25-10-4-7-16(13-25)18-22-17(23-24-18)15-5-2-1-3-6-15/h14-16H,1-13H2,(H,22,23,24). The van der Waals surface area contributed by atoms with E-state index in [2.05, 4.69) is 15.1 Å². The van der Waals surface area contributed by atoms with Gasteiger partial charge in [0.15, 0.2) is 5.82 Å². The van der Waals surface area contributed by atoms with Gasteiger partial charge in [-0.2, -0.15) is 5.10 Å². The summed E-state index contributed by atoms with van der Waals surface area (Å²) in [5, 5.41) is 7.71. The van der Waals surface area contributed by atoms with E-state index in [1.165, 1.54) is 32.1 Å². The van der Waals surface area contributed by atoms with Crippen LogP contribution in [-0.4, -0.2) is 45.6 Å². The minimum Gasteiger partial charge on any atom is -0.302 e. The molecule has 1 saturated heterocycles. The zero-order chi connectivity index (χ0) is 17.3. The largest absolute Gasteiger partial charge is 0.302 e. The average Bonchev–Trinajstić information content (AvgIpc) is 3.23. The van der Waals surface area contributed by atoms with Gasteiger partial charge in [0.25, 0.3) is 0 Å². The second kappa shape index (κ2) is 7.29. The van der Waals surface area contributed by atoms with E-state index < -0.39 is 5.92 Å². The van der Waals surface area contributed by atoms with Crippen molar-refractivity contribution in [3.05, 3.63) is 11.6 Å². The van der Waals surface area contributed by atoms with E-state index in [0.29, 0.717) is 18.3 Å². The molecule has 3 aliphatic rings. The molecule has 140 valence electrons. The lowest BCUT2D eigenvalue weighted by atomic mass is 9.89. The first-order chi connectivity index (χ1) is 12.1. The highest BCUT2D eigenvalue weighted by Crippen LogP contribution is 2.40. The second-order valence-corrected chi connectivity index (χ2v) is 8.48. The lowest BCUT2D eigenvalue weighted by Crippen LogP contribution is -2.37. The number of rotatable bonds is 4. The number of aromatic amines is 1. The van der Waals surface area contributed by atoms with E-state index >= 15 is 0 Å². The summed E-state index contributed by atoms with van der Waals surface area (Å²) in [7, 11) is 0. The zero-order valence-corrected chi connectivity index (χ0v) is 15.0. The molecule has 0 amide bonds. The minimum atomic E-state index is -2.43. The van der Waals surface area contributed by atoms with Crippen LogP contribution in [0, 0.1) is 5.92 Å². The molecule has 2 saturated carbocycles. The van der Waals surface area contributed by atoms with Gasteiger partial charge in [-0.05, 0) is 44.6 Å². The summed E-state index contributed by atoms with van der Waals surface area (Å²) in [4.78, 5) is 7.21. The molecule has 4 rings (SSSR count). The monoisotopic (exact) mass is 352 g/mol. The molecule has 0 bridgehead atoms. The van der Waals surface area contributed by atoms with Crippen LogP contribution in [0.2, 0.25) is 0 Å². The van der Waals surface area contributed by atoms with Gasteiger partial charge >= 0.3 is 0 Å². The van der Waals surface area contributed by atoms with E-state index in [-0.39, 0.29) is 18.8 Å². The van der Waals surface area contributed by atoms with Gasteiger partial charge < -0.3 is 4.90 Å². The maximum atomic E-state index is 13.4. The molecule has 2 heterocycles. The Hall–Kier alpha value is -1.04. The highest BCUT2D eigenvalue weighted by atomic mass is 19.3. The number of piperidine rings is 1. The summed E-state index contributed by atoms with van der Waals surface area (Å²) in [5.74, 6) is 0.640. The fourth-order valence-electron chi connectivity index (χ4n) is 5.02. The predicted molar refractivity (Wildman–Crippen MR) is 92.9 cm³/mol. The highest BCUT2D eigenvalue weighted by molar-refractivity contribution is 5.05. The smallest absolute Gasteiger partial charge is 0.248 e. The van der Waals surface area contributed by atoms with Crippen molar-refractivity contribution in [2.24, 2.45) is 5.92 Å². The second-order valence-electron chi connectivity index (χ2n) is 8.48. The summed E-state index contributed by atoms with van der Waals surface area (Å²) in [6.45, 7) is 2.76. The third-order valence-electron chi connectivity index (χ3n) is 6.40. The topological polar surface area (TPSA) is 44.8 Å². The number of likely N-dealkylation sites (tertiary alicyclic amines) is 1. The van der Waals surface area contributed by atoms with Crippen LogP contribution in [0.4, 0.5) is 8.78 Å². The Morgan fingerprint density at radius 3 is 2.60 bits per heavy atom. The quantitative estimate of drug-likeness (QED) is 0.870. The van der Waals surface area contributed by atoms with Crippen LogP contribution in [0.15, 0.2) is 0 Å². The van der Waals surface area contributed by atoms with Gasteiger partial charge in [-0.3, -0.25) is 5.10 Å². The molecular weight excluding hydrogens is 322 g/mol. The van der Waals surface area contributed by atoms with Crippen LogP contribution >= 0.6 is 0 Å². The summed E-state index contributed by atoms with van der Waals surface area (Å²) in [6, 6.07) is 0. The number of H-pyrrole nitrogens is 1. The Bertz CT molecular complexity index is 568. The van der Waals surface area contributed by atoms with Crippen LogP contribution in [0.25, 0.3) is 0 Å². The molecule has 1 aromatic rings. The van der Waals surface area contributed by atoms with Gasteiger partial charge in [0.1, 0.15) is 5.82 Å². The van der Waals surface area contributed by atoms with Crippen molar-refractivity contribution >= 4 is 0 Å². The third-order valence-corrected chi connectivity index (χ3v) is 6.40. The van der Waals surface area contributed by atoms with Crippen molar-refractivity contribution < 1.29 is 8.78 Å². The number of alkyl halides is 2. The molecule has 0 aromatic carbocycles. The normalized spacial score (nSPS) is 31.4. The fraction of sp³-hybridized carbons (Fsp3) is 0.895. The molecule has 1 aliphatic heterocycles. The van der Waals surface area contributed by atoms with Crippen molar-refractivity contribution in [2.45, 2.75) is 82.0 Å². The molecule has 2 aliphatic carbocycles. The molecule has 0 spiro atoms. The van der Waals surface area contributed by atoms with Gasteiger partial charge in [-0.25, -0.2) is 13.8 Å². The summed E-state index contributed by atoms with van der Waals surface area (Å²) < 4.78 is 26.9. The van der Waals surface area contributed by atoms with E-state index in [0.717, 1.165) is 44.1 Å². The Morgan fingerprint density at radius 2 is 1.84 bits per heavy atom. The lowest BCUT2D eigenvalue weighted by Gasteiger charge is -2.33. The first kappa shape index (κ1) is 17.4. The van der Waals surface area contributed by atoms with Crippen molar-refractivity contribution in [3.8, 4) is 0 Å². The molecular formula is C19H30F2N4. The van der Waals surface area contributed by atoms with Crippen LogP contribution in [0.3, 0.4) is 0 Å². The Kier molecular flexibility index (Phi) is 5.07. The average molecular weight is 352 g/mol. The van der Waals surface area contributed by atoms with Gasteiger partial charge in [0.2, 0.25) is 5.92 Å². The van der Waals surface area contributed by atoms with Crippen LogP contribution in [0.1, 0.15) is 87.7 Å². The van der Waals surface area contributed by atoms with E-state index in [4.69, 9.17) is 4.98 Å². The molecule has 2 atom stereocenters. The molecule has 1 aromatic heterocycles. The van der Waals surface area contributed by atoms with Crippen molar-refractivity contribution in [1.29, 1.82) is 0 Å². The van der Waals surface area contributed by atoms with Crippen molar-refractivity contribution in [1.82, 2.24) is 20.1 Å². The fourth-order valence-corrected chi connectivity index (χ4v) is 5.02. The minimum absolute atomic E-state index is 0.0700. The Morgan fingerprint density at radius 1 is 1.04 bits per heavy atom. The number of aromatic nitrogens is 3. The van der Waals surface area contributed by atoms with Crippen molar-refractivity contribution in [2.75, 3.05) is 19.6 Å². The lowest BCUT2D eigenvalue weighted by molar-refractivity contribution is 0.00299. The maximum Gasteiger partial charge on any atom is 0.248 e. The van der Waals surface area contributed by atoms with Gasteiger partial charge in [0.05, 0.1) is 0 Å². The van der Waals surface area contributed by atoms with Crippen LogP contribution in [-0.2, 0) is 0 Å². The first-order valence-electron chi connectivity index (χ1n) is 10.1. The SMILES string of the molecule is FC1(F)CCC(CN2CCCC(c3n[nH]c(C4CCCCC4)n3)C2)C1. The molecule has 2 unspecified atom stereocenters. The van der Waals surface area contributed by atoms with E-state index in [1.807, 2.05) is 0 Å². The zero-order valence-electron chi connectivity index (χ0n) is 15.0. The number of halogens is 2. The predicted octanol–water partition coefficient (Wildman–Crippen LogP) is 4.47. The molecule has 3 fully saturated rings. The van der Waals surface area contributed by atoms with Crippen molar-refractivity contribution in [3.63, 3.8) is 0 Å². The number of nitrogens with zero attached hydrogens (tertiary/aromatic N) is 3. The summed E-state index contributed by atoms with van der Waals surface area (Å²) >= 11 is 0. The number of hydrogen-bond donors (Lipinski definition) is 1. The highest BCUT2D eigenvalue weighted by Gasteiger charge is 2.40. The maximum absolute atomic E-state index is 13.4. The third kappa shape index (κ3) is 4.21.